The summed E-state index contributed by atoms with van der Waals surface area (Å²) in [4.78, 5) is 4.09. The van der Waals surface area contributed by atoms with Crippen LogP contribution in [-0.4, -0.2) is 19.9 Å². The lowest BCUT2D eigenvalue weighted by atomic mass is 10.0. The molecule has 2 aromatic rings. The van der Waals surface area contributed by atoms with Gasteiger partial charge in [0.15, 0.2) is 0 Å². The van der Waals surface area contributed by atoms with E-state index in [0.717, 1.165) is 0 Å². The van der Waals surface area contributed by atoms with Crippen LogP contribution in [0.1, 0.15) is 30.0 Å². The number of hydrogen-bond donors (Lipinski definition) is 1. The molecule has 0 amide bonds. The van der Waals surface area contributed by atoms with Gasteiger partial charge in [0.2, 0.25) is 0 Å². The molecule has 1 aromatic carbocycles. The van der Waals surface area contributed by atoms with Gasteiger partial charge in [-0.15, -0.1) is 0 Å². The van der Waals surface area contributed by atoms with Gasteiger partial charge in [-0.1, -0.05) is 12.1 Å². The standard InChI is InChI=1S/C13H16FN3O/c1-3-17-13(15-8-16-17)7-12(18)10-5-4-9(2)11(14)6-10/h4-6,8,12,18H,3,7H2,1-2H3. The normalized spacial score (nSPS) is 12.7. The Labute approximate surface area is 105 Å². The van der Waals surface area contributed by atoms with Crippen LogP contribution in [0, 0.1) is 12.7 Å². The zero-order valence-electron chi connectivity index (χ0n) is 10.5. The van der Waals surface area contributed by atoms with Gasteiger partial charge < -0.3 is 5.11 Å². The van der Waals surface area contributed by atoms with E-state index in [1.165, 1.54) is 12.4 Å². The van der Waals surface area contributed by atoms with E-state index in [2.05, 4.69) is 10.1 Å². The van der Waals surface area contributed by atoms with Gasteiger partial charge in [-0.25, -0.2) is 9.37 Å². The van der Waals surface area contributed by atoms with Crippen molar-refractivity contribution < 1.29 is 9.50 Å². The highest BCUT2D eigenvalue weighted by atomic mass is 19.1. The number of aryl methyl sites for hydroxylation is 2. The summed E-state index contributed by atoms with van der Waals surface area (Å²) in [6.45, 7) is 4.35. The van der Waals surface area contributed by atoms with Crippen molar-refractivity contribution in [3.8, 4) is 0 Å². The molecule has 0 aliphatic carbocycles. The zero-order chi connectivity index (χ0) is 13.1. The van der Waals surface area contributed by atoms with E-state index in [4.69, 9.17) is 0 Å². The van der Waals surface area contributed by atoms with Gasteiger partial charge in [0, 0.05) is 13.0 Å². The number of benzene rings is 1. The first kappa shape index (κ1) is 12.7. The summed E-state index contributed by atoms with van der Waals surface area (Å²) in [5.74, 6) is 0.398. The van der Waals surface area contributed by atoms with Gasteiger partial charge >= 0.3 is 0 Å². The summed E-state index contributed by atoms with van der Waals surface area (Å²) in [7, 11) is 0. The molecule has 0 fully saturated rings. The van der Waals surface area contributed by atoms with Gasteiger partial charge in [-0.05, 0) is 31.0 Å². The summed E-state index contributed by atoms with van der Waals surface area (Å²) >= 11 is 0. The molecule has 1 N–H and O–H groups in total. The van der Waals surface area contributed by atoms with Crippen LogP contribution in [0.5, 0.6) is 0 Å². The van der Waals surface area contributed by atoms with Crippen molar-refractivity contribution in [3.05, 3.63) is 47.3 Å². The lowest BCUT2D eigenvalue weighted by Crippen LogP contribution is -2.09. The molecule has 4 nitrogen and oxygen atoms in total. The quantitative estimate of drug-likeness (QED) is 0.902. The summed E-state index contributed by atoms with van der Waals surface area (Å²) in [5, 5.41) is 14.1. The predicted octanol–water partition coefficient (Wildman–Crippen LogP) is 2.02. The van der Waals surface area contributed by atoms with Crippen molar-refractivity contribution in [2.45, 2.75) is 32.9 Å². The van der Waals surface area contributed by atoms with Crippen LogP contribution < -0.4 is 0 Å². The van der Waals surface area contributed by atoms with Crippen LogP contribution in [0.4, 0.5) is 4.39 Å². The van der Waals surface area contributed by atoms with Crippen LogP contribution >= 0.6 is 0 Å². The van der Waals surface area contributed by atoms with Crippen molar-refractivity contribution in [2.75, 3.05) is 0 Å². The Morgan fingerprint density at radius 2 is 2.22 bits per heavy atom. The lowest BCUT2D eigenvalue weighted by Gasteiger charge is -2.11. The Morgan fingerprint density at radius 1 is 1.44 bits per heavy atom. The third-order valence-corrected chi connectivity index (χ3v) is 2.95. The molecule has 1 atom stereocenters. The van der Waals surface area contributed by atoms with E-state index in [-0.39, 0.29) is 5.82 Å². The van der Waals surface area contributed by atoms with Crippen molar-refractivity contribution in [2.24, 2.45) is 0 Å². The SMILES string of the molecule is CCn1ncnc1CC(O)c1ccc(C)c(F)c1. The molecule has 0 aliphatic heterocycles. The molecule has 2 rings (SSSR count). The maximum atomic E-state index is 13.4. The fourth-order valence-electron chi connectivity index (χ4n) is 1.82. The van der Waals surface area contributed by atoms with Gasteiger partial charge in [-0.3, -0.25) is 4.68 Å². The summed E-state index contributed by atoms with van der Waals surface area (Å²) in [6.07, 6.45) is 1.02. The summed E-state index contributed by atoms with van der Waals surface area (Å²) in [6, 6.07) is 4.76. The van der Waals surface area contributed by atoms with Crippen LogP contribution in [-0.2, 0) is 13.0 Å². The highest BCUT2D eigenvalue weighted by molar-refractivity contribution is 5.25. The monoisotopic (exact) mass is 249 g/mol. The predicted molar refractivity (Wildman–Crippen MR) is 65.5 cm³/mol. The lowest BCUT2D eigenvalue weighted by molar-refractivity contribution is 0.173. The third kappa shape index (κ3) is 2.56. The average Bonchev–Trinajstić information content (AvgIpc) is 2.79. The number of aliphatic hydroxyl groups is 1. The first-order chi connectivity index (χ1) is 8.61. The Balaban J connectivity index is 2.16. The first-order valence-corrected chi connectivity index (χ1v) is 5.92. The fraction of sp³-hybridized carbons (Fsp3) is 0.385. The smallest absolute Gasteiger partial charge is 0.138 e. The maximum Gasteiger partial charge on any atom is 0.138 e. The maximum absolute atomic E-state index is 13.4. The number of halogens is 1. The highest BCUT2D eigenvalue weighted by Gasteiger charge is 2.13. The number of aromatic nitrogens is 3. The van der Waals surface area contributed by atoms with Crippen LogP contribution in [0.2, 0.25) is 0 Å². The van der Waals surface area contributed by atoms with Crippen molar-refractivity contribution in [1.82, 2.24) is 14.8 Å². The molecular formula is C13H16FN3O. The van der Waals surface area contributed by atoms with E-state index in [1.807, 2.05) is 6.92 Å². The average molecular weight is 249 g/mol. The van der Waals surface area contributed by atoms with Gasteiger partial charge in [0.1, 0.15) is 18.0 Å². The Hall–Kier alpha value is -1.75. The third-order valence-electron chi connectivity index (χ3n) is 2.95. The summed E-state index contributed by atoms with van der Waals surface area (Å²) in [5.41, 5.74) is 1.13. The van der Waals surface area contributed by atoms with Gasteiger partial charge in [0.25, 0.3) is 0 Å². The molecule has 0 radical (unpaired) electrons. The van der Waals surface area contributed by atoms with E-state index in [9.17, 15) is 9.50 Å². The Kier molecular flexibility index (Phi) is 3.72. The van der Waals surface area contributed by atoms with Crippen LogP contribution in [0.15, 0.2) is 24.5 Å². The minimum absolute atomic E-state index is 0.302. The Morgan fingerprint density at radius 3 is 2.89 bits per heavy atom. The second-order valence-electron chi connectivity index (χ2n) is 4.22. The number of aliphatic hydroxyl groups excluding tert-OH is 1. The van der Waals surface area contributed by atoms with Gasteiger partial charge in [0.05, 0.1) is 6.10 Å². The molecule has 0 saturated carbocycles. The number of hydrogen-bond acceptors (Lipinski definition) is 3. The molecule has 1 aromatic heterocycles. The zero-order valence-corrected chi connectivity index (χ0v) is 10.5. The molecule has 0 bridgehead atoms. The molecule has 5 heteroatoms. The first-order valence-electron chi connectivity index (χ1n) is 5.92. The molecule has 0 aliphatic rings. The van der Waals surface area contributed by atoms with E-state index in [0.29, 0.717) is 29.9 Å². The van der Waals surface area contributed by atoms with Crippen LogP contribution in [0.25, 0.3) is 0 Å². The molecule has 0 spiro atoms. The van der Waals surface area contributed by atoms with Crippen molar-refractivity contribution >= 4 is 0 Å². The van der Waals surface area contributed by atoms with Gasteiger partial charge in [-0.2, -0.15) is 5.10 Å². The summed E-state index contributed by atoms with van der Waals surface area (Å²) < 4.78 is 15.1. The number of nitrogens with zero attached hydrogens (tertiary/aromatic N) is 3. The van der Waals surface area contributed by atoms with E-state index >= 15 is 0 Å². The fourth-order valence-corrected chi connectivity index (χ4v) is 1.82. The minimum atomic E-state index is -0.769. The van der Waals surface area contributed by atoms with Crippen molar-refractivity contribution in [3.63, 3.8) is 0 Å². The molecule has 18 heavy (non-hydrogen) atoms. The van der Waals surface area contributed by atoms with Crippen LogP contribution in [0.3, 0.4) is 0 Å². The second-order valence-corrected chi connectivity index (χ2v) is 4.22. The Bertz CT molecular complexity index is 539. The van der Waals surface area contributed by atoms with E-state index in [1.54, 1.807) is 23.7 Å². The van der Waals surface area contributed by atoms with Crippen molar-refractivity contribution in [1.29, 1.82) is 0 Å². The molecule has 1 heterocycles. The second kappa shape index (κ2) is 5.27. The number of rotatable bonds is 4. The molecular weight excluding hydrogens is 233 g/mol. The largest absolute Gasteiger partial charge is 0.388 e. The molecule has 96 valence electrons. The molecule has 0 saturated heterocycles. The topological polar surface area (TPSA) is 50.9 Å². The minimum Gasteiger partial charge on any atom is -0.388 e. The molecule has 1 unspecified atom stereocenters. The highest BCUT2D eigenvalue weighted by Crippen LogP contribution is 2.19. The van der Waals surface area contributed by atoms with E-state index < -0.39 is 6.10 Å².